The maximum atomic E-state index is 11.3. The fraction of sp³-hybridized carbons (Fsp3) is 0.929. The maximum Gasteiger partial charge on any atom is 0.133 e. The zero-order valence-electron chi connectivity index (χ0n) is 10.5. The molecule has 92 valence electrons. The van der Waals surface area contributed by atoms with Gasteiger partial charge < -0.3 is 5.11 Å². The largest absolute Gasteiger partial charge is 0.390 e. The highest BCUT2D eigenvalue weighted by molar-refractivity contribution is 5.79. The molecule has 2 heteroatoms. The van der Waals surface area contributed by atoms with Crippen LogP contribution in [0, 0.1) is 17.8 Å². The fourth-order valence-corrected chi connectivity index (χ4v) is 3.76. The predicted octanol–water partition coefficient (Wildman–Crippen LogP) is 2.93. The average Bonchev–Trinajstić information content (AvgIpc) is 2.21. The number of carbonyl (C=O) groups excluding carboxylic acids is 1. The fourth-order valence-electron chi connectivity index (χ4n) is 3.76. The van der Waals surface area contributed by atoms with Gasteiger partial charge in [-0.25, -0.2) is 0 Å². The van der Waals surface area contributed by atoms with Crippen molar-refractivity contribution in [3.05, 3.63) is 0 Å². The van der Waals surface area contributed by atoms with E-state index in [2.05, 4.69) is 13.8 Å². The third-order valence-corrected chi connectivity index (χ3v) is 4.61. The highest BCUT2D eigenvalue weighted by atomic mass is 16.3. The summed E-state index contributed by atoms with van der Waals surface area (Å²) in [7, 11) is 0. The van der Waals surface area contributed by atoms with Gasteiger partial charge in [0.2, 0.25) is 0 Å². The average molecular weight is 224 g/mol. The van der Waals surface area contributed by atoms with E-state index >= 15 is 0 Å². The lowest BCUT2D eigenvalue weighted by Gasteiger charge is -2.44. The molecule has 2 unspecified atom stereocenters. The normalized spacial score (nSPS) is 39.7. The molecule has 0 aromatic heterocycles. The molecule has 1 N–H and O–H groups in total. The Hall–Kier alpha value is -0.370. The van der Waals surface area contributed by atoms with Crippen LogP contribution in [0.25, 0.3) is 0 Å². The summed E-state index contributed by atoms with van der Waals surface area (Å²) in [5.74, 6) is 2.23. The first kappa shape index (κ1) is 12.1. The second-order valence-corrected chi connectivity index (χ2v) is 6.26. The van der Waals surface area contributed by atoms with Crippen molar-refractivity contribution in [1.82, 2.24) is 0 Å². The van der Waals surface area contributed by atoms with Crippen molar-refractivity contribution in [1.29, 1.82) is 0 Å². The van der Waals surface area contributed by atoms with Crippen LogP contribution in [-0.4, -0.2) is 16.5 Å². The van der Waals surface area contributed by atoms with E-state index in [4.69, 9.17) is 0 Å². The summed E-state index contributed by atoms with van der Waals surface area (Å²) < 4.78 is 0. The van der Waals surface area contributed by atoms with E-state index in [-0.39, 0.29) is 0 Å². The Balaban J connectivity index is 2.02. The van der Waals surface area contributed by atoms with Gasteiger partial charge in [0.15, 0.2) is 0 Å². The van der Waals surface area contributed by atoms with E-state index in [0.717, 1.165) is 24.7 Å². The molecule has 2 fully saturated rings. The van der Waals surface area contributed by atoms with Crippen LogP contribution in [0.1, 0.15) is 58.8 Å². The van der Waals surface area contributed by atoms with E-state index < -0.39 is 5.60 Å². The zero-order valence-corrected chi connectivity index (χ0v) is 10.5. The van der Waals surface area contributed by atoms with Gasteiger partial charge in [-0.3, -0.25) is 4.79 Å². The standard InChI is InChI=1S/C14H24O2/c1-10-7-11(2)9-12(8-10)14(16)5-3-13(15)4-6-14/h10-12,16H,3-9H2,1-2H3. The van der Waals surface area contributed by atoms with Crippen molar-refractivity contribution in [2.75, 3.05) is 0 Å². The van der Waals surface area contributed by atoms with E-state index in [1.165, 1.54) is 6.42 Å². The van der Waals surface area contributed by atoms with Crippen molar-refractivity contribution in [3.8, 4) is 0 Å². The van der Waals surface area contributed by atoms with Crippen molar-refractivity contribution >= 4 is 5.78 Å². The zero-order chi connectivity index (χ0) is 11.8. The second-order valence-electron chi connectivity index (χ2n) is 6.26. The topological polar surface area (TPSA) is 37.3 Å². The molecule has 0 aromatic carbocycles. The summed E-state index contributed by atoms with van der Waals surface area (Å²) in [5.41, 5.74) is -0.531. The molecule has 2 nitrogen and oxygen atoms in total. The summed E-state index contributed by atoms with van der Waals surface area (Å²) in [4.78, 5) is 11.3. The van der Waals surface area contributed by atoms with Crippen LogP contribution in [0.5, 0.6) is 0 Å². The minimum atomic E-state index is -0.531. The first-order chi connectivity index (χ1) is 7.49. The highest BCUT2D eigenvalue weighted by Crippen LogP contribution is 2.44. The molecule has 0 heterocycles. The minimum absolute atomic E-state index is 0.335. The number of carbonyl (C=O) groups is 1. The van der Waals surface area contributed by atoms with Crippen LogP contribution >= 0.6 is 0 Å². The third-order valence-electron chi connectivity index (χ3n) is 4.61. The van der Waals surface area contributed by atoms with Crippen LogP contribution in [0.4, 0.5) is 0 Å². The van der Waals surface area contributed by atoms with Crippen molar-refractivity contribution in [3.63, 3.8) is 0 Å². The minimum Gasteiger partial charge on any atom is -0.390 e. The van der Waals surface area contributed by atoms with E-state index in [9.17, 15) is 9.90 Å². The number of rotatable bonds is 1. The molecule has 0 aromatic rings. The number of hydrogen-bond acceptors (Lipinski definition) is 2. The Bertz CT molecular complexity index is 252. The Morgan fingerprint density at radius 3 is 2.06 bits per heavy atom. The van der Waals surface area contributed by atoms with Crippen LogP contribution < -0.4 is 0 Å². The number of ketones is 1. The second kappa shape index (κ2) is 4.48. The van der Waals surface area contributed by atoms with Gasteiger partial charge in [0.25, 0.3) is 0 Å². The summed E-state index contributed by atoms with van der Waals surface area (Å²) in [5, 5.41) is 10.7. The lowest BCUT2D eigenvalue weighted by molar-refractivity contribution is -0.130. The quantitative estimate of drug-likeness (QED) is 0.743. The molecular weight excluding hydrogens is 200 g/mol. The molecule has 2 saturated carbocycles. The van der Waals surface area contributed by atoms with Gasteiger partial charge in [-0.15, -0.1) is 0 Å². The molecule has 2 rings (SSSR count). The summed E-state index contributed by atoms with van der Waals surface area (Å²) in [6, 6.07) is 0. The van der Waals surface area contributed by atoms with Crippen LogP contribution in [0.15, 0.2) is 0 Å². The van der Waals surface area contributed by atoms with Gasteiger partial charge in [-0.05, 0) is 49.9 Å². The van der Waals surface area contributed by atoms with E-state index in [0.29, 0.717) is 37.4 Å². The van der Waals surface area contributed by atoms with Gasteiger partial charge in [-0.2, -0.15) is 0 Å². The lowest BCUT2D eigenvalue weighted by Crippen LogP contribution is -2.44. The Morgan fingerprint density at radius 1 is 1.06 bits per heavy atom. The molecule has 0 bridgehead atoms. The molecule has 16 heavy (non-hydrogen) atoms. The number of Topliss-reactive ketones (excluding diaryl/α,β-unsaturated/α-hetero) is 1. The summed E-state index contributed by atoms with van der Waals surface area (Å²) in [6.45, 7) is 4.58. The van der Waals surface area contributed by atoms with Gasteiger partial charge >= 0.3 is 0 Å². The SMILES string of the molecule is CC1CC(C)CC(C2(O)CCC(=O)CC2)C1. The van der Waals surface area contributed by atoms with E-state index in [1.807, 2.05) is 0 Å². The molecule has 0 saturated heterocycles. The van der Waals surface area contributed by atoms with Crippen LogP contribution in [-0.2, 0) is 4.79 Å². The Kier molecular flexibility index (Phi) is 3.39. The van der Waals surface area contributed by atoms with Crippen LogP contribution in [0.2, 0.25) is 0 Å². The Morgan fingerprint density at radius 2 is 1.56 bits per heavy atom. The van der Waals surface area contributed by atoms with Crippen molar-refractivity contribution in [2.45, 2.75) is 64.4 Å². The van der Waals surface area contributed by atoms with E-state index in [1.54, 1.807) is 0 Å². The van der Waals surface area contributed by atoms with Crippen LogP contribution in [0.3, 0.4) is 0 Å². The molecule has 0 aliphatic heterocycles. The lowest BCUT2D eigenvalue weighted by atomic mass is 9.65. The summed E-state index contributed by atoms with van der Waals surface area (Å²) >= 11 is 0. The molecular formula is C14H24O2. The predicted molar refractivity (Wildman–Crippen MR) is 64.1 cm³/mol. The van der Waals surface area contributed by atoms with Gasteiger partial charge in [-0.1, -0.05) is 13.8 Å². The monoisotopic (exact) mass is 224 g/mol. The van der Waals surface area contributed by atoms with Gasteiger partial charge in [0, 0.05) is 12.8 Å². The summed E-state index contributed by atoms with van der Waals surface area (Å²) in [6.07, 6.45) is 6.19. The molecule has 0 spiro atoms. The maximum absolute atomic E-state index is 11.3. The number of aliphatic hydroxyl groups is 1. The highest BCUT2D eigenvalue weighted by Gasteiger charge is 2.42. The molecule has 0 radical (unpaired) electrons. The molecule has 2 aliphatic rings. The third kappa shape index (κ3) is 2.48. The number of hydrogen-bond donors (Lipinski definition) is 1. The first-order valence-electron chi connectivity index (χ1n) is 6.73. The first-order valence-corrected chi connectivity index (χ1v) is 6.73. The smallest absolute Gasteiger partial charge is 0.133 e. The molecule has 2 atom stereocenters. The molecule has 0 amide bonds. The van der Waals surface area contributed by atoms with Crippen molar-refractivity contribution in [2.24, 2.45) is 17.8 Å². The van der Waals surface area contributed by atoms with Gasteiger partial charge in [0.1, 0.15) is 5.78 Å². The Labute approximate surface area is 98.4 Å². The van der Waals surface area contributed by atoms with Crippen molar-refractivity contribution < 1.29 is 9.90 Å². The molecule has 2 aliphatic carbocycles. The van der Waals surface area contributed by atoms with Gasteiger partial charge in [0.05, 0.1) is 5.60 Å².